The van der Waals surface area contributed by atoms with Crippen LogP contribution in [0.25, 0.3) is 0 Å². The topological polar surface area (TPSA) is 75.6 Å². The number of carboxylic acids is 1. The van der Waals surface area contributed by atoms with E-state index in [0.29, 0.717) is 5.69 Å². The number of hydrogen-bond acceptors (Lipinski definition) is 3. The lowest BCUT2D eigenvalue weighted by molar-refractivity contribution is -0.147. The summed E-state index contributed by atoms with van der Waals surface area (Å²) in [4.78, 5) is 23.8. The van der Waals surface area contributed by atoms with Crippen molar-refractivity contribution in [3.63, 3.8) is 0 Å². The van der Waals surface area contributed by atoms with Crippen LogP contribution in [0.4, 0.5) is 5.69 Å². The molecule has 0 aromatic heterocycles. The molecule has 20 heavy (non-hydrogen) atoms. The fourth-order valence-corrected chi connectivity index (χ4v) is 3.63. The number of carboxylic acid groups (broad SMARTS) is 1. The van der Waals surface area contributed by atoms with E-state index in [2.05, 4.69) is 27.9 Å². The van der Waals surface area contributed by atoms with Crippen LogP contribution in [-0.4, -0.2) is 29.2 Å². The summed E-state index contributed by atoms with van der Waals surface area (Å²) in [6, 6.07) is 7.42. The minimum Gasteiger partial charge on any atom is -0.481 e. The highest BCUT2D eigenvalue weighted by molar-refractivity contribution is 14.1. The van der Waals surface area contributed by atoms with Crippen LogP contribution in [-0.2, 0) is 14.3 Å². The van der Waals surface area contributed by atoms with E-state index in [0.717, 1.165) is 16.4 Å². The lowest BCUT2D eigenvalue weighted by atomic mass is 9.78. The van der Waals surface area contributed by atoms with Gasteiger partial charge in [0.25, 0.3) is 0 Å². The Morgan fingerprint density at radius 2 is 1.85 bits per heavy atom. The molecule has 4 atom stereocenters. The minimum absolute atomic E-state index is 0.256. The Bertz CT molecular complexity index is 562. The maximum Gasteiger partial charge on any atom is 0.310 e. The number of para-hydroxylation sites is 1. The van der Waals surface area contributed by atoms with Crippen molar-refractivity contribution in [1.29, 1.82) is 0 Å². The van der Waals surface area contributed by atoms with Gasteiger partial charge in [0.05, 0.1) is 29.7 Å². The molecule has 0 radical (unpaired) electrons. The number of carbonyl (C=O) groups excluding carboxylic acids is 1. The third kappa shape index (κ3) is 2.31. The average molecular weight is 387 g/mol. The number of carbonyl (C=O) groups is 2. The van der Waals surface area contributed by atoms with Crippen molar-refractivity contribution in [3.05, 3.63) is 27.8 Å². The fraction of sp³-hybridized carbons (Fsp3) is 0.429. The van der Waals surface area contributed by atoms with E-state index in [1.807, 2.05) is 24.3 Å². The lowest BCUT2D eigenvalue weighted by Crippen LogP contribution is -2.41. The van der Waals surface area contributed by atoms with Crippen LogP contribution in [0.3, 0.4) is 0 Å². The normalized spacial score (nSPS) is 31.2. The molecule has 1 amide bonds. The molecule has 2 bridgehead atoms. The first kappa shape index (κ1) is 13.8. The highest BCUT2D eigenvalue weighted by Gasteiger charge is 2.55. The van der Waals surface area contributed by atoms with E-state index in [4.69, 9.17) is 4.74 Å². The Morgan fingerprint density at radius 1 is 1.20 bits per heavy atom. The molecular weight excluding hydrogens is 373 g/mol. The van der Waals surface area contributed by atoms with Gasteiger partial charge in [-0.15, -0.1) is 0 Å². The molecule has 2 N–H and O–H groups in total. The molecule has 2 aliphatic heterocycles. The van der Waals surface area contributed by atoms with Gasteiger partial charge in [0.2, 0.25) is 5.91 Å². The van der Waals surface area contributed by atoms with Crippen molar-refractivity contribution in [2.75, 3.05) is 5.32 Å². The lowest BCUT2D eigenvalue weighted by Gasteiger charge is -2.24. The Morgan fingerprint density at radius 3 is 2.50 bits per heavy atom. The number of amides is 1. The molecule has 0 saturated carbocycles. The van der Waals surface area contributed by atoms with E-state index in [1.54, 1.807) is 0 Å². The number of benzene rings is 1. The largest absolute Gasteiger partial charge is 0.481 e. The summed E-state index contributed by atoms with van der Waals surface area (Å²) in [6.07, 6.45) is 0.915. The van der Waals surface area contributed by atoms with Crippen LogP contribution >= 0.6 is 22.6 Å². The van der Waals surface area contributed by atoms with E-state index in [1.165, 1.54) is 0 Å². The van der Waals surface area contributed by atoms with Crippen molar-refractivity contribution in [2.45, 2.75) is 25.0 Å². The van der Waals surface area contributed by atoms with Gasteiger partial charge < -0.3 is 15.2 Å². The Hall–Kier alpha value is -1.15. The van der Waals surface area contributed by atoms with E-state index in [9.17, 15) is 14.7 Å². The van der Waals surface area contributed by atoms with Gasteiger partial charge in [-0.3, -0.25) is 9.59 Å². The Labute approximate surface area is 129 Å². The summed E-state index contributed by atoms with van der Waals surface area (Å²) in [7, 11) is 0. The van der Waals surface area contributed by atoms with Crippen molar-refractivity contribution < 1.29 is 19.4 Å². The maximum atomic E-state index is 12.4. The van der Waals surface area contributed by atoms with Crippen molar-refractivity contribution in [3.8, 4) is 0 Å². The summed E-state index contributed by atoms with van der Waals surface area (Å²) in [5.74, 6) is -2.52. The number of anilines is 1. The van der Waals surface area contributed by atoms with Gasteiger partial charge in [-0.25, -0.2) is 0 Å². The molecular formula is C14H14INO4. The summed E-state index contributed by atoms with van der Waals surface area (Å²) in [6.45, 7) is 0. The summed E-state index contributed by atoms with van der Waals surface area (Å²) in [5.41, 5.74) is 0.713. The van der Waals surface area contributed by atoms with Gasteiger partial charge in [-0.2, -0.15) is 0 Å². The predicted octanol–water partition coefficient (Wildman–Crippen LogP) is 2.11. The van der Waals surface area contributed by atoms with E-state index >= 15 is 0 Å². The van der Waals surface area contributed by atoms with Gasteiger partial charge in [0, 0.05) is 3.57 Å². The van der Waals surface area contributed by atoms with Crippen LogP contribution in [0.1, 0.15) is 12.8 Å². The second-order valence-corrected chi connectivity index (χ2v) is 6.31. The number of nitrogens with one attached hydrogen (secondary N) is 1. The molecule has 2 fully saturated rings. The molecule has 1 aromatic carbocycles. The molecule has 3 rings (SSSR count). The van der Waals surface area contributed by atoms with Gasteiger partial charge in [0.1, 0.15) is 0 Å². The van der Waals surface area contributed by atoms with Crippen molar-refractivity contribution in [1.82, 2.24) is 0 Å². The first-order valence-electron chi connectivity index (χ1n) is 6.51. The standard InChI is InChI=1S/C14H14INO4/c15-7-3-1-2-4-8(7)16-13(17)11-9-5-6-10(20-9)12(11)14(18)19/h1-4,9-12H,5-6H2,(H,16,17)(H,18,19)/t9-,10+,11+,12-/m1/s1. The van der Waals surface area contributed by atoms with Gasteiger partial charge >= 0.3 is 5.97 Å². The van der Waals surface area contributed by atoms with Gasteiger partial charge in [-0.05, 0) is 47.6 Å². The number of aliphatic carboxylic acids is 1. The minimum atomic E-state index is -0.944. The summed E-state index contributed by atoms with van der Waals surface area (Å²) >= 11 is 2.14. The van der Waals surface area contributed by atoms with E-state index in [-0.39, 0.29) is 18.1 Å². The molecule has 0 unspecified atom stereocenters. The molecule has 6 heteroatoms. The molecule has 2 saturated heterocycles. The molecule has 106 valence electrons. The SMILES string of the molecule is O=C(Nc1ccccc1I)[C@@H]1[C@H](C(=O)O)[C@@H]2CC[C@H]1O2. The highest BCUT2D eigenvalue weighted by atomic mass is 127. The third-order valence-electron chi connectivity index (χ3n) is 3.99. The predicted molar refractivity (Wildman–Crippen MR) is 80.3 cm³/mol. The molecule has 0 aliphatic carbocycles. The van der Waals surface area contributed by atoms with Gasteiger partial charge in [0.15, 0.2) is 0 Å². The highest BCUT2D eigenvalue weighted by Crippen LogP contribution is 2.44. The molecule has 0 spiro atoms. The van der Waals surface area contributed by atoms with Crippen LogP contribution in [0.2, 0.25) is 0 Å². The van der Waals surface area contributed by atoms with Crippen LogP contribution in [0, 0.1) is 15.4 Å². The molecule has 1 aromatic rings. The quantitative estimate of drug-likeness (QED) is 0.780. The zero-order chi connectivity index (χ0) is 14.3. The van der Waals surface area contributed by atoms with Crippen LogP contribution in [0.15, 0.2) is 24.3 Å². The smallest absolute Gasteiger partial charge is 0.310 e. The monoisotopic (exact) mass is 387 g/mol. The number of fused-ring (bicyclic) bond motifs is 2. The number of rotatable bonds is 3. The number of halogens is 1. The van der Waals surface area contributed by atoms with Crippen LogP contribution < -0.4 is 5.32 Å². The molecule has 2 aliphatic rings. The third-order valence-corrected chi connectivity index (χ3v) is 4.93. The zero-order valence-electron chi connectivity index (χ0n) is 10.6. The summed E-state index contributed by atoms with van der Waals surface area (Å²) < 4.78 is 6.53. The first-order valence-corrected chi connectivity index (χ1v) is 7.59. The average Bonchev–Trinajstić information content (AvgIpc) is 3.01. The zero-order valence-corrected chi connectivity index (χ0v) is 12.7. The Kier molecular flexibility index (Phi) is 3.68. The second-order valence-electron chi connectivity index (χ2n) is 5.15. The van der Waals surface area contributed by atoms with Crippen LogP contribution in [0.5, 0.6) is 0 Å². The van der Waals surface area contributed by atoms with Gasteiger partial charge in [-0.1, -0.05) is 12.1 Å². The summed E-state index contributed by atoms with van der Waals surface area (Å²) in [5, 5.41) is 12.1. The molecule has 5 nitrogen and oxygen atoms in total. The molecule has 2 heterocycles. The van der Waals surface area contributed by atoms with E-state index < -0.39 is 17.8 Å². The number of hydrogen-bond donors (Lipinski definition) is 2. The second kappa shape index (κ2) is 5.33. The number of ether oxygens (including phenoxy) is 1. The van der Waals surface area contributed by atoms with Crippen molar-refractivity contribution >= 4 is 40.2 Å². The maximum absolute atomic E-state index is 12.4. The Balaban J connectivity index is 1.80. The van der Waals surface area contributed by atoms with Crippen molar-refractivity contribution in [2.24, 2.45) is 11.8 Å². The fourth-order valence-electron chi connectivity index (χ4n) is 3.10. The first-order chi connectivity index (χ1) is 9.58.